The number of hydrogen-bond donors (Lipinski definition) is 1. The smallest absolute Gasteiger partial charge is 0.387 e. The second kappa shape index (κ2) is 6.67. The minimum atomic E-state index is -2.87. The van der Waals surface area contributed by atoms with E-state index in [1.807, 2.05) is 6.07 Å². The van der Waals surface area contributed by atoms with E-state index in [1.54, 1.807) is 18.4 Å². The van der Waals surface area contributed by atoms with E-state index in [4.69, 9.17) is 16.0 Å². The van der Waals surface area contributed by atoms with Crippen LogP contribution in [0.2, 0.25) is 5.02 Å². The highest BCUT2D eigenvalue weighted by Gasteiger charge is 2.22. The molecule has 0 aliphatic heterocycles. The summed E-state index contributed by atoms with van der Waals surface area (Å²) in [5.74, 6) is 1.04. The van der Waals surface area contributed by atoms with Crippen LogP contribution in [0.15, 0.2) is 34.9 Å². The Morgan fingerprint density at radius 2 is 2.23 bits per heavy atom. The van der Waals surface area contributed by atoms with E-state index >= 15 is 0 Å². The summed E-state index contributed by atoms with van der Waals surface area (Å²) >= 11 is 5.96. The summed E-state index contributed by atoms with van der Waals surface area (Å²) in [6.45, 7) is -2.27. The van der Waals surface area contributed by atoms with Gasteiger partial charge < -0.3 is 14.5 Å². The highest BCUT2D eigenvalue weighted by molar-refractivity contribution is 6.32. The molecule has 118 valence electrons. The third-order valence-corrected chi connectivity index (χ3v) is 4.11. The zero-order chi connectivity index (χ0) is 15.5. The molecule has 0 fully saturated rings. The van der Waals surface area contributed by atoms with E-state index in [1.165, 1.54) is 11.6 Å². The molecule has 1 aliphatic rings. The van der Waals surface area contributed by atoms with Crippen molar-refractivity contribution in [3.8, 4) is 5.75 Å². The first-order valence-corrected chi connectivity index (χ1v) is 7.54. The zero-order valence-corrected chi connectivity index (χ0v) is 12.6. The molecule has 1 unspecified atom stereocenters. The zero-order valence-electron chi connectivity index (χ0n) is 11.8. The van der Waals surface area contributed by atoms with Crippen molar-refractivity contribution in [1.29, 1.82) is 0 Å². The van der Waals surface area contributed by atoms with Crippen LogP contribution in [0.3, 0.4) is 0 Å². The second-order valence-corrected chi connectivity index (χ2v) is 5.68. The number of ether oxygens (including phenoxy) is 1. The summed E-state index contributed by atoms with van der Waals surface area (Å²) in [7, 11) is 0. The summed E-state index contributed by atoms with van der Waals surface area (Å²) < 4.78 is 34.2. The van der Waals surface area contributed by atoms with Gasteiger partial charge in [-0.25, -0.2) is 0 Å². The lowest BCUT2D eigenvalue weighted by atomic mass is 9.93. The molecule has 0 saturated heterocycles. The average Bonchev–Trinajstić information content (AvgIpc) is 2.96. The topological polar surface area (TPSA) is 34.4 Å². The Kier molecular flexibility index (Phi) is 4.64. The molecule has 1 atom stereocenters. The minimum Gasteiger partial charge on any atom is -0.469 e. The van der Waals surface area contributed by atoms with Gasteiger partial charge in [-0.3, -0.25) is 0 Å². The number of hydrogen-bond acceptors (Lipinski definition) is 3. The Balaban J connectivity index is 1.64. The van der Waals surface area contributed by atoms with Gasteiger partial charge in [0, 0.05) is 24.6 Å². The number of rotatable bonds is 5. The van der Waals surface area contributed by atoms with Crippen LogP contribution >= 0.6 is 11.6 Å². The number of fused-ring (bicyclic) bond motifs is 1. The van der Waals surface area contributed by atoms with Gasteiger partial charge in [0.05, 0.1) is 11.3 Å². The molecule has 6 heteroatoms. The molecular weight excluding hydrogens is 312 g/mol. The van der Waals surface area contributed by atoms with Crippen LogP contribution in [0.1, 0.15) is 35.8 Å². The van der Waals surface area contributed by atoms with Crippen molar-refractivity contribution in [1.82, 2.24) is 5.32 Å². The van der Waals surface area contributed by atoms with Gasteiger partial charge >= 0.3 is 6.61 Å². The van der Waals surface area contributed by atoms with Crippen LogP contribution in [0.4, 0.5) is 8.78 Å². The fraction of sp³-hybridized carbons (Fsp3) is 0.375. The van der Waals surface area contributed by atoms with Crippen molar-refractivity contribution >= 4 is 11.6 Å². The number of nitrogens with one attached hydrogen (secondary N) is 1. The quantitative estimate of drug-likeness (QED) is 0.864. The predicted molar refractivity (Wildman–Crippen MR) is 79.3 cm³/mol. The van der Waals surface area contributed by atoms with E-state index in [2.05, 4.69) is 10.1 Å². The van der Waals surface area contributed by atoms with E-state index < -0.39 is 6.61 Å². The maximum Gasteiger partial charge on any atom is 0.387 e. The largest absolute Gasteiger partial charge is 0.469 e. The van der Waals surface area contributed by atoms with Crippen molar-refractivity contribution in [2.24, 2.45) is 0 Å². The molecule has 0 saturated carbocycles. The lowest BCUT2D eigenvalue weighted by Crippen LogP contribution is -2.24. The van der Waals surface area contributed by atoms with Gasteiger partial charge in [0.25, 0.3) is 0 Å². The van der Waals surface area contributed by atoms with Crippen molar-refractivity contribution < 1.29 is 17.9 Å². The van der Waals surface area contributed by atoms with Crippen LogP contribution in [0, 0.1) is 0 Å². The van der Waals surface area contributed by atoms with Crippen LogP contribution in [0.5, 0.6) is 5.75 Å². The SMILES string of the molecule is FC(F)Oc1ccc(CNC2CCCc3occc32)cc1Cl. The van der Waals surface area contributed by atoms with Gasteiger partial charge in [0.1, 0.15) is 11.5 Å². The average molecular weight is 328 g/mol. The lowest BCUT2D eigenvalue weighted by Gasteiger charge is -2.23. The van der Waals surface area contributed by atoms with Crippen molar-refractivity contribution in [2.75, 3.05) is 0 Å². The third kappa shape index (κ3) is 3.42. The number of benzene rings is 1. The third-order valence-electron chi connectivity index (χ3n) is 3.82. The fourth-order valence-electron chi connectivity index (χ4n) is 2.79. The van der Waals surface area contributed by atoms with Crippen molar-refractivity contribution in [3.63, 3.8) is 0 Å². The highest BCUT2D eigenvalue weighted by Crippen LogP contribution is 2.31. The molecule has 22 heavy (non-hydrogen) atoms. The number of furan rings is 1. The maximum absolute atomic E-state index is 12.2. The molecule has 1 aromatic heterocycles. The molecule has 1 aliphatic carbocycles. The number of halogens is 3. The molecule has 0 radical (unpaired) electrons. The lowest BCUT2D eigenvalue weighted by molar-refractivity contribution is -0.0497. The molecule has 0 amide bonds. The van der Waals surface area contributed by atoms with Gasteiger partial charge in [-0.15, -0.1) is 0 Å². The Morgan fingerprint density at radius 1 is 1.36 bits per heavy atom. The van der Waals surface area contributed by atoms with Gasteiger partial charge in [-0.2, -0.15) is 8.78 Å². The maximum atomic E-state index is 12.2. The van der Waals surface area contributed by atoms with Crippen LogP contribution < -0.4 is 10.1 Å². The van der Waals surface area contributed by atoms with Crippen molar-refractivity contribution in [3.05, 3.63) is 52.4 Å². The summed E-state index contributed by atoms with van der Waals surface area (Å²) in [5, 5.41) is 3.65. The monoisotopic (exact) mass is 327 g/mol. The summed E-state index contributed by atoms with van der Waals surface area (Å²) in [6, 6.07) is 7.09. The van der Waals surface area contributed by atoms with E-state index in [0.29, 0.717) is 6.54 Å². The summed E-state index contributed by atoms with van der Waals surface area (Å²) in [5.41, 5.74) is 2.12. The van der Waals surface area contributed by atoms with E-state index in [9.17, 15) is 8.78 Å². The predicted octanol–water partition coefficient (Wildman–Crippen LogP) is 4.70. The molecule has 1 aromatic carbocycles. The Hall–Kier alpha value is -1.59. The molecule has 0 spiro atoms. The van der Waals surface area contributed by atoms with Crippen LogP contribution in [-0.4, -0.2) is 6.61 Å². The van der Waals surface area contributed by atoms with Crippen LogP contribution in [-0.2, 0) is 13.0 Å². The van der Waals surface area contributed by atoms with E-state index in [-0.39, 0.29) is 16.8 Å². The molecule has 0 bridgehead atoms. The van der Waals surface area contributed by atoms with Gasteiger partial charge in [0.15, 0.2) is 0 Å². The minimum absolute atomic E-state index is 0.00444. The normalized spacial score (nSPS) is 17.5. The Morgan fingerprint density at radius 3 is 3.00 bits per heavy atom. The number of alkyl halides is 2. The first kappa shape index (κ1) is 15.3. The first-order valence-electron chi connectivity index (χ1n) is 7.16. The molecule has 1 heterocycles. The first-order chi connectivity index (χ1) is 10.6. The van der Waals surface area contributed by atoms with Crippen LogP contribution in [0.25, 0.3) is 0 Å². The van der Waals surface area contributed by atoms with Gasteiger partial charge in [-0.05, 0) is 36.6 Å². The number of aryl methyl sites for hydroxylation is 1. The molecular formula is C16H16ClF2NO2. The van der Waals surface area contributed by atoms with E-state index in [0.717, 1.165) is 30.6 Å². The Labute approximate surface area is 132 Å². The van der Waals surface area contributed by atoms with Gasteiger partial charge in [-0.1, -0.05) is 17.7 Å². The van der Waals surface area contributed by atoms with Crippen molar-refractivity contribution in [2.45, 2.75) is 38.5 Å². The standard InChI is InChI=1S/C16H16ClF2NO2/c17-12-8-10(4-5-15(12)22-16(18)19)9-20-13-2-1-3-14-11(13)6-7-21-14/h4-8,13,16,20H,1-3,9H2. The molecule has 2 aromatic rings. The summed E-state index contributed by atoms with van der Waals surface area (Å²) in [6.07, 6.45) is 4.83. The fourth-order valence-corrected chi connectivity index (χ4v) is 3.03. The Bertz CT molecular complexity index is 645. The van der Waals surface area contributed by atoms with Gasteiger partial charge in [0.2, 0.25) is 0 Å². The molecule has 1 N–H and O–H groups in total. The highest BCUT2D eigenvalue weighted by atomic mass is 35.5. The molecule has 3 rings (SSSR count). The molecule has 3 nitrogen and oxygen atoms in total. The summed E-state index contributed by atoms with van der Waals surface area (Å²) in [4.78, 5) is 0. The second-order valence-electron chi connectivity index (χ2n) is 5.27.